The molecular formula is C37H35F5N2O5. The van der Waals surface area contributed by atoms with Crippen LogP contribution in [0.4, 0.5) is 22.0 Å². The Hall–Kier alpha value is -4.20. The molecule has 4 aromatic carbocycles. The number of aliphatic hydroxyl groups excluding tert-OH is 2. The summed E-state index contributed by atoms with van der Waals surface area (Å²) in [6, 6.07) is 22.1. The molecule has 2 aliphatic heterocycles. The number of amides is 1. The predicted molar refractivity (Wildman–Crippen MR) is 169 cm³/mol. The third kappa shape index (κ3) is 7.53. The van der Waals surface area contributed by atoms with E-state index in [-0.39, 0.29) is 38.0 Å². The second-order valence-electron chi connectivity index (χ2n) is 12.3. The van der Waals surface area contributed by atoms with Crippen LogP contribution < -0.4 is 5.32 Å². The summed E-state index contributed by atoms with van der Waals surface area (Å²) >= 11 is 0. The van der Waals surface area contributed by atoms with Gasteiger partial charge in [-0.15, -0.1) is 0 Å². The molecule has 2 fully saturated rings. The van der Waals surface area contributed by atoms with Gasteiger partial charge in [0, 0.05) is 31.1 Å². The highest BCUT2D eigenvalue weighted by atomic mass is 19.2. The third-order valence-corrected chi connectivity index (χ3v) is 9.07. The van der Waals surface area contributed by atoms with Crippen LogP contribution in [-0.4, -0.2) is 52.9 Å². The molecule has 12 heteroatoms. The average molecular weight is 683 g/mol. The summed E-state index contributed by atoms with van der Waals surface area (Å²) in [4.78, 5) is 14.7. The lowest BCUT2D eigenvalue weighted by Crippen LogP contribution is -2.42. The minimum absolute atomic E-state index is 0.0661. The summed E-state index contributed by atoms with van der Waals surface area (Å²) in [7, 11) is 0. The van der Waals surface area contributed by atoms with Gasteiger partial charge < -0.3 is 25.0 Å². The van der Waals surface area contributed by atoms with Crippen LogP contribution in [0.5, 0.6) is 0 Å². The van der Waals surface area contributed by atoms with Crippen molar-refractivity contribution in [1.82, 2.24) is 10.2 Å². The lowest BCUT2D eigenvalue weighted by Gasteiger charge is -2.38. The third-order valence-electron chi connectivity index (χ3n) is 9.07. The molecule has 1 amide bonds. The van der Waals surface area contributed by atoms with Crippen molar-refractivity contribution in [3.63, 3.8) is 0 Å². The molecule has 2 saturated heterocycles. The second kappa shape index (κ2) is 15.1. The number of rotatable bonds is 10. The number of nitrogens with one attached hydrogen (secondary N) is 1. The number of benzene rings is 4. The number of likely N-dealkylation sites (tertiary alicyclic amines) is 1. The molecule has 0 saturated carbocycles. The van der Waals surface area contributed by atoms with Crippen molar-refractivity contribution in [2.24, 2.45) is 0 Å². The van der Waals surface area contributed by atoms with Gasteiger partial charge in [-0.2, -0.15) is 0 Å². The molecule has 4 aromatic rings. The van der Waals surface area contributed by atoms with E-state index in [1.165, 1.54) is 0 Å². The highest BCUT2D eigenvalue weighted by Gasteiger charge is 2.35. The Morgan fingerprint density at radius 2 is 1.47 bits per heavy atom. The quantitative estimate of drug-likeness (QED) is 0.101. The van der Waals surface area contributed by atoms with Gasteiger partial charge >= 0.3 is 0 Å². The van der Waals surface area contributed by atoms with Gasteiger partial charge in [0.2, 0.25) is 5.82 Å². The Bertz CT molecular complexity index is 1780. The van der Waals surface area contributed by atoms with E-state index in [1.54, 1.807) is 18.2 Å². The fourth-order valence-electron chi connectivity index (χ4n) is 6.44. The summed E-state index contributed by atoms with van der Waals surface area (Å²) in [6.07, 6.45) is 1.33. The first-order chi connectivity index (χ1) is 23.7. The van der Waals surface area contributed by atoms with Gasteiger partial charge in [-0.05, 0) is 59.3 Å². The van der Waals surface area contributed by atoms with Crippen molar-refractivity contribution in [1.29, 1.82) is 0 Å². The van der Waals surface area contributed by atoms with E-state index in [1.807, 2.05) is 54.6 Å². The predicted octanol–water partition coefficient (Wildman–Crippen LogP) is 6.47. The average Bonchev–Trinajstić information content (AvgIpc) is 3.59. The fourth-order valence-corrected chi connectivity index (χ4v) is 6.44. The van der Waals surface area contributed by atoms with Crippen molar-refractivity contribution in [3.8, 4) is 11.1 Å². The molecule has 258 valence electrons. The molecule has 0 radical (unpaired) electrons. The van der Waals surface area contributed by atoms with E-state index in [2.05, 4.69) is 10.2 Å². The van der Waals surface area contributed by atoms with Gasteiger partial charge in [-0.25, -0.2) is 22.0 Å². The number of carbonyl (C=O) groups excluding carboxylic acids is 1. The summed E-state index contributed by atoms with van der Waals surface area (Å²) < 4.78 is 82.0. The van der Waals surface area contributed by atoms with E-state index in [0.717, 1.165) is 47.2 Å². The molecule has 2 aliphatic rings. The number of ether oxygens (including phenoxy) is 2. The van der Waals surface area contributed by atoms with Gasteiger partial charge in [0.25, 0.3) is 5.91 Å². The monoisotopic (exact) mass is 682 g/mol. The number of hydrogen-bond donors (Lipinski definition) is 3. The van der Waals surface area contributed by atoms with Crippen LogP contribution in [0.15, 0.2) is 72.8 Å². The van der Waals surface area contributed by atoms with E-state index in [9.17, 15) is 37.0 Å². The summed E-state index contributed by atoms with van der Waals surface area (Å²) in [5.74, 6) is -12.6. The molecular weight excluding hydrogens is 647 g/mol. The Balaban J connectivity index is 1.21. The van der Waals surface area contributed by atoms with E-state index < -0.39 is 46.8 Å². The zero-order valence-corrected chi connectivity index (χ0v) is 26.4. The lowest BCUT2D eigenvalue weighted by molar-refractivity contribution is -0.253. The van der Waals surface area contributed by atoms with Crippen LogP contribution in [0.25, 0.3) is 11.1 Å². The molecule has 0 bridgehead atoms. The van der Waals surface area contributed by atoms with Crippen LogP contribution in [0, 0.1) is 29.1 Å². The zero-order valence-electron chi connectivity index (χ0n) is 26.4. The maximum atomic E-state index is 14.1. The molecule has 7 nitrogen and oxygen atoms in total. The first-order valence-corrected chi connectivity index (χ1v) is 16.0. The normalized spacial score (nSPS) is 21.2. The molecule has 4 atom stereocenters. The molecule has 0 spiro atoms. The first-order valence-electron chi connectivity index (χ1n) is 16.0. The Morgan fingerprint density at radius 3 is 2.16 bits per heavy atom. The lowest BCUT2D eigenvalue weighted by atomic mass is 9.98. The second-order valence-corrected chi connectivity index (χ2v) is 12.3. The number of hydrogen-bond acceptors (Lipinski definition) is 6. The van der Waals surface area contributed by atoms with E-state index in [4.69, 9.17) is 9.47 Å². The van der Waals surface area contributed by atoms with Crippen molar-refractivity contribution >= 4 is 5.91 Å². The summed E-state index contributed by atoms with van der Waals surface area (Å²) in [6.45, 7) is 1.28. The van der Waals surface area contributed by atoms with Gasteiger partial charge in [0.15, 0.2) is 29.6 Å². The van der Waals surface area contributed by atoms with Gasteiger partial charge in [0.05, 0.1) is 25.4 Å². The summed E-state index contributed by atoms with van der Waals surface area (Å²) in [5, 5.41) is 21.6. The van der Waals surface area contributed by atoms with Crippen LogP contribution in [0.2, 0.25) is 0 Å². The maximum absolute atomic E-state index is 14.1. The van der Waals surface area contributed by atoms with Gasteiger partial charge in [-0.3, -0.25) is 9.69 Å². The zero-order chi connectivity index (χ0) is 34.7. The number of nitrogens with zero attached hydrogens (tertiary/aromatic N) is 1. The highest BCUT2D eigenvalue weighted by Crippen LogP contribution is 2.39. The Kier molecular flexibility index (Phi) is 10.7. The number of halogens is 5. The molecule has 0 aromatic heterocycles. The number of aliphatic hydroxyl groups is 2. The first kappa shape index (κ1) is 34.7. The van der Waals surface area contributed by atoms with E-state index >= 15 is 0 Å². The van der Waals surface area contributed by atoms with Crippen LogP contribution in [-0.2, 0) is 22.6 Å². The molecule has 0 aliphatic carbocycles. The topological polar surface area (TPSA) is 91.3 Å². The fraction of sp³-hybridized carbons (Fsp3) is 0.324. The van der Waals surface area contributed by atoms with Crippen LogP contribution >= 0.6 is 0 Å². The van der Waals surface area contributed by atoms with Gasteiger partial charge in [0.1, 0.15) is 5.56 Å². The van der Waals surface area contributed by atoms with Crippen LogP contribution in [0.3, 0.4) is 0 Å². The standard InChI is InChI=1S/C37H35F5N2O5/c38-31-30(32(39)34(41)35(42)33(31)40)36(47)43-17-22-4-1-5-24(14-22)25-6-2-7-26(15-25)37-48-28(18-44-13-3-8-27(44)20-46)16-29(49-37)23-11-9-21(19-45)10-12-23/h1-2,4-7,9-12,14-15,27-29,37,45-46H,3,8,13,16-20H2,(H,43,47)/t27-,28-,29+,37+/m0/s1. The van der Waals surface area contributed by atoms with Crippen molar-refractivity contribution in [3.05, 3.63) is 130 Å². The molecule has 0 unspecified atom stereocenters. The molecule has 49 heavy (non-hydrogen) atoms. The highest BCUT2D eigenvalue weighted by molar-refractivity contribution is 5.94. The van der Waals surface area contributed by atoms with Gasteiger partial charge in [-0.1, -0.05) is 60.7 Å². The van der Waals surface area contributed by atoms with E-state index in [0.29, 0.717) is 18.5 Å². The minimum atomic E-state index is -2.34. The smallest absolute Gasteiger partial charge is 0.257 e. The summed E-state index contributed by atoms with van der Waals surface area (Å²) in [5.41, 5.74) is 2.97. The maximum Gasteiger partial charge on any atom is 0.257 e. The minimum Gasteiger partial charge on any atom is -0.395 e. The SMILES string of the molecule is O=C(NCc1cccc(-c2cccc([C@@H]3O[C@H](CN4CCC[C@H]4CO)C[C@H](c4ccc(CO)cc4)O3)c2)c1)c1c(F)c(F)c(F)c(F)c1F. The molecule has 6 rings (SSSR count). The Labute approximate surface area is 279 Å². The molecule has 3 N–H and O–H groups in total. The Morgan fingerprint density at radius 1 is 0.796 bits per heavy atom. The number of carbonyl (C=O) groups is 1. The van der Waals surface area contributed by atoms with Crippen molar-refractivity contribution in [2.45, 2.75) is 57.0 Å². The molecule has 2 heterocycles. The van der Waals surface area contributed by atoms with Crippen LogP contribution in [0.1, 0.15) is 64.3 Å². The van der Waals surface area contributed by atoms with Crippen molar-refractivity contribution < 1.29 is 46.4 Å². The van der Waals surface area contributed by atoms with Crippen molar-refractivity contribution in [2.75, 3.05) is 19.7 Å². The largest absolute Gasteiger partial charge is 0.395 e.